The lowest BCUT2D eigenvalue weighted by Gasteiger charge is -2.08. The Bertz CT molecular complexity index is 732. The Morgan fingerprint density at radius 2 is 1.12 bits per heavy atom. The molecule has 9 N–H and O–H groups in total. The molecule has 2 rings (SSSR count). The molecule has 2 aromatic carbocycles. The van der Waals surface area contributed by atoms with E-state index in [2.05, 4.69) is 19.2 Å². The zero-order chi connectivity index (χ0) is 18.3. The van der Waals surface area contributed by atoms with Crippen LogP contribution in [0.15, 0.2) is 46.2 Å². The third-order valence-corrected chi connectivity index (χ3v) is 4.99. The van der Waals surface area contributed by atoms with Crippen molar-refractivity contribution in [1.29, 1.82) is 0 Å². The molecule has 8 heteroatoms. The van der Waals surface area contributed by atoms with Gasteiger partial charge in [-0.05, 0) is 49.5 Å². The van der Waals surface area contributed by atoms with Crippen molar-refractivity contribution in [3.63, 3.8) is 0 Å². The van der Waals surface area contributed by atoms with Gasteiger partial charge in [0.2, 0.25) is 9.84 Å². The van der Waals surface area contributed by atoms with E-state index >= 15 is 0 Å². The van der Waals surface area contributed by atoms with Gasteiger partial charge < -0.3 is 28.3 Å². The molecule has 0 fully saturated rings. The van der Waals surface area contributed by atoms with Crippen LogP contribution in [0, 0.1) is 0 Å². The molecule has 0 saturated heterocycles. The van der Waals surface area contributed by atoms with Crippen LogP contribution in [0.2, 0.25) is 0 Å². The van der Waals surface area contributed by atoms with E-state index in [0.29, 0.717) is 11.4 Å². The first-order valence-corrected chi connectivity index (χ1v) is 8.98. The zero-order valence-corrected chi connectivity index (χ0v) is 14.7. The molecule has 24 heavy (non-hydrogen) atoms. The van der Waals surface area contributed by atoms with Crippen LogP contribution in [0.5, 0.6) is 0 Å². The third kappa shape index (κ3) is 4.77. The van der Waals surface area contributed by atoms with Crippen molar-refractivity contribution in [2.45, 2.75) is 23.6 Å². The molecule has 0 atom stereocenters. The lowest BCUT2D eigenvalue weighted by atomic mass is 10.3. The van der Waals surface area contributed by atoms with Crippen LogP contribution in [0.3, 0.4) is 0 Å². The van der Waals surface area contributed by atoms with Crippen LogP contribution in [0.1, 0.15) is 13.8 Å². The first kappa shape index (κ1) is 19.6. The number of nitrogens with one attached hydrogen (secondary N) is 1. The predicted octanol–water partition coefficient (Wildman–Crippen LogP) is 1.46. The van der Waals surface area contributed by atoms with E-state index in [4.69, 9.17) is 22.9 Å². The lowest BCUT2D eigenvalue weighted by Crippen LogP contribution is -2.09. The van der Waals surface area contributed by atoms with Gasteiger partial charge in [0.1, 0.15) is 0 Å². The van der Waals surface area contributed by atoms with E-state index in [1.807, 2.05) is 0 Å². The minimum Gasteiger partial charge on any atom is -0.397 e. The normalized spacial score (nSPS) is 10.8. The summed E-state index contributed by atoms with van der Waals surface area (Å²) >= 11 is 0. The Hall–Kier alpha value is -2.45. The van der Waals surface area contributed by atoms with Crippen molar-refractivity contribution < 1.29 is 8.42 Å². The van der Waals surface area contributed by atoms with Gasteiger partial charge in [0, 0.05) is 0 Å². The number of rotatable bonds is 4. The molecule has 7 nitrogen and oxygen atoms in total. The van der Waals surface area contributed by atoms with Gasteiger partial charge in [-0.15, -0.1) is 0 Å². The Balaban J connectivity index is 0.000000505. The van der Waals surface area contributed by atoms with Gasteiger partial charge in [-0.2, -0.15) is 0 Å². The minimum atomic E-state index is -3.69. The van der Waals surface area contributed by atoms with Gasteiger partial charge in [0.05, 0.1) is 32.5 Å². The summed E-state index contributed by atoms with van der Waals surface area (Å²) in [6, 6.07) is 8.32. The van der Waals surface area contributed by atoms with Gasteiger partial charge >= 0.3 is 0 Å². The highest BCUT2D eigenvalue weighted by molar-refractivity contribution is 7.91. The number of nitrogens with two attached hydrogens (primary N) is 4. The Labute approximate surface area is 142 Å². The smallest absolute Gasteiger partial charge is 0.206 e. The molecule has 0 spiro atoms. The first-order valence-electron chi connectivity index (χ1n) is 7.49. The molecule has 0 aliphatic heterocycles. The molecule has 0 saturated carbocycles. The average molecular weight is 351 g/mol. The molecule has 132 valence electrons. The second-order valence-corrected chi connectivity index (χ2v) is 6.99. The van der Waals surface area contributed by atoms with Gasteiger partial charge in [-0.3, -0.25) is 0 Å². The molecule has 0 aromatic heterocycles. The van der Waals surface area contributed by atoms with Crippen LogP contribution in [-0.2, 0) is 9.84 Å². The second-order valence-electron chi connectivity index (χ2n) is 5.04. The van der Waals surface area contributed by atoms with E-state index in [1.165, 1.54) is 36.4 Å². The summed E-state index contributed by atoms with van der Waals surface area (Å²) in [7, 11) is -3.69. The molecule has 0 amide bonds. The fraction of sp³-hybridized carbons (Fsp3) is 0.250. The maximum Gasteiger partial charge on any atom is 0.206 e. The molecule has 0 aliphatic carbocycles. The summed E-state index contributed by atoms with van der Waals surface area (Å²) in [6.07, 6.45) is 0. The van der Waals surface area contributed by atoms with Crippen molar-refractivity contribution in [2.75, 3.05) is 36.0 Å². The van der Waals surface area contributed by atoms with Crippen LogP contribution in [0.25, 0.3) is 0 Å². The molecule has 0 bridgehead atoms. The van der Waals surface area contributed by atoms with Crippen molar-refractivity contribution in [2.24, 2.45) is 0 Å². The maximum atomic E-state index is 12.4. The summed E-state index contributed by atoms with van der Waals surface area (Å²) in [5.74, 6) is 0. The first-order chi connectivity index (χ1) is 11.2. The predicted molar refractivity (Wildman–Crippen MR) is 100 cm³/mol. The highest BCUT2D eigenvalue weighted by Crippen LogP contribution is 2.28. The van der Waals surface area contributed by atoms with Gasteiger partial charge in [-0.25, -0.2) is 8.42 Å². The highest BCUT2D eigenvalue weighted by atomic mass is 32.2. The molecule has 0 heterocycles. The van der Waals surface area contributed by atoms with Crippen molar-refractivity contribution in [1.82, 2.24) is 5.32 Å². The van der Waals surface area contributed by atoms with Crippen molar-refractivity contribution >= 4 is 32.6 Å². The van der Waals surface area contributed by atoms with Crippen molar-refractivity contribution in [3.8, 4) is 0 Å². The number of benzene rings is 2. The molecule has 0 radical (unpaired) electrons. The molecule has 2 aromatic rings. The summed E-state index contributed by atoms with van der Waals surface area (Å²) in [5.41, 5.74) is 23.4. The highest BCUT2D eigenvalue weighted by Gasteiger charge is 2.19. The Morgan fingerprint density at radius 3 is 1.38 bits per heavy atom. The Morgan fingerprint density at radius 1 is 0.750 bits per heavy atom. The van der Waals surface area contributed by atoms with Gasteiger partial charge in [0.25, 0.3) is 0 Å². The monoisotopic (exact) mass is 351 g/mol. The van der Waals surface area contributed by atoms with E-state index in [1.54, 1.807) is 0 Å². The van der Waals surface area contributed by atoms with E-state index in [0.717, 1.165) is 13.1 Å². The summed E-state index contributed by atoms with van der Waals surface area (Å²) in [4.78, 5) is 0.117. The van der Waals surface area contributed by atoms with E-state index in [-0.39, 0.29) is 21.2 Å². The zero-order valence-electron chi connectivity index (χ0n) is 13.9. The van der Waals surface area contributed by atoms with Crippen LogP contribution < -0.4 is 28.3 Å². The fourth-order valence-electron chi connectivity index (χ4n) is 1.83. The maximum absolute atomic E-state index is 12.4. The number of hydrogen-bond acceptors (Lipinski definition) is 7. The molecule has 0 unspecified atom stereocenters. The summed E-state index contributed by atoms with van der Waals surface area (Å²) < 4.78 is 24.7. The standard InChI is InChI=1S/C12H14N4O2S.C4H11N/c13-9-3-1-7(5-11(9)15)19(17,18)8-2-4-10(14)12(16)6-8;1-3-5-4-2/h1-6H,13-16H2;5H,3-4H2,1-2H3. The molecular weight excluding hydrogens is 326 g/mol. The minimum absolute atomic E-state index is 0.0587. The van der Waals surface area contributed by atoms with E-state index < -0.39 is 9.84 Å². The molecular formula is C16H25N5O2S. The summed E-state index contributed by atoms with van der Waals surface area (Å²) in [6.45, 7) is 6.39. The number of hydrogen-bond donors (Lipinski definition) is 5. The quantitative estimate of drug-likeness (QED) is 0.523. The summed E-state index contributed by atoms with van der Waals surface area (Å²) in [5, 5.41) is 3.11. The lowest BCUT2D eigenvalue weighted by molar-refractivity contribution is 0.596. The Kier molecular flexibility index (Phi) is 6.87. The molecule has 0 aliphatic rings. The van der Waals surface area contributed by atoms with E-state index in [9.17, 15) is 8.42 Å². The largest absolute Gasteiger partial charge is 0.397 e. The van der Waals surface area contributed by atoms with Crippen LogP contribution in [-0.4, -0.2) is 21.5 Å². The second kappa shape index (κ2) is 8.42. The number of nitrogen functional groups attached to an aromatic ring is 4. The van der Waals surface area contributed by atoms with Gasteiger partial charge in [-0.1, -0.05) is 13.8 Å². The van der Waals surface area contributed by atoms with Crippen LogP contribution >= 0.6 is 0 Å². The average Bonchev–Trinajstić information content (AvgIpc) is 2.54. The topological polar surface area (TPSA) is 150 Å². The third-order valence-electron chi connectivity index (χ3n) is 3.24. The van der Waals surface area contributed by atoms with Crippen LogP contribution in [0.4, 0.5) is 22.7 Å². The van der Waals surface area contributed by atoms with Gasteiger partial charge in [0.15, 0.2) is 0 Å². The number of sulfone groups is 1. The fourth-order valence-corrected chi connectivity index (χ4v) is 3.16. The van der Waals surface area contributed by atoms with Crippen molar-refractivity contribution in [3.05, 3.63) is 36.4 Å². The SMILES string of the molecule is CCNCC.Nc1ccc(S(=O)(=O)c2ccc(N)c(N)c2)cc1N. The number of anilines is 4.